The van der Waals surface area contributed by atoms with Crippen LogP contribution in [0, 0.1) is 0 Å². The Morgan fingerprint density at radius 3 is 2.53 bits per heavy atom. The first kappa shape index (κ1) is 14.8. The molecule has 2 N–H and O–H groups in total. The summed E-state index contributed by atoms with van der Waals surface area (Å²) in [5, 5.41) is 12.0. The summed E-state index contributed by atoms with van der Waals surface area (Å²) in [5.41, 5.74) is 1.06. The lowest BCUT2D eigenvalue weighted by Gasteiger charge is -2.16. The van der Waals surface area contributed by atoms with Crippen molar-refractivity contribution < 1.29 is 19.4 Å². The normalized spacial score (nSPS) is 12.6. The van der Waals surface area contributed by atoms with Crippen molar-refractivity contribution in [2.45, 2.75) is 19.9 Å². The summed E-state index contributed by atoms with van der Waals surface area (Å²) in [4.78, 5) is 22.5. The number of carbonyl (C=O) groups excluding carboxylic acids is 1. The highest BCUT2D eigenvalue weighted by atomic mass is 16.5. The van der Waals surface area contributed by atoms with Gasteiger partial charge in [-0.05, 0) is 19.4 Å². The van der Waals surface area contributed by atoms with Crippen LogP contribution in [-0.2, 0) is 14.3 Å². The maximum atomic E-state index is 11.3. The second kappa shape index (κ2) is 7.20. The number of nitrogens with one attached hydrogen (secondary N) is 1. The molecule has 5 nitrogen and oxygen atoms in total. The molecule has 0 radical (unpaired) electrons. The number of rotatable bonds is 6. The van der Waals surface area contributed by atoms with Crippen molar-refractivity contribution in [3.8, 4) is 0 Å². The molecule has 1 unspecified atom stereocenters. The molecule has 0 bridgehead atoms. The number of aliphatic carboxylic acids is 1. The van der Waals surface area contributed by atoms with Crippen molar-refractivity contribution in [2.24, 2.45) is 0 Å². The second-order valence-corrected chi connectivity index (χ2v) is 3.91. The molecule has 0 saturated carbocycles. The Bertz CT molecular complexity index is 468. The number of carboxylic acid groups (broad SMARTS) is 1. The molecule has 5 heteroatoms. The predicted octanol–water partition coefficient (Wildman–Crippen LogP) is 1.87. The van der Waals surface area contributed by atoms with E-state index in [4.69, 9.17) is 4.74 Å². The Kier molecular flexibility index (Phi) is 5.60. The zero-order valence-corrected chi connectivity index (χ0v) is 10.9. The zero-order chi connectivity index (χ0) is 14.3. The molecule has 0 heterocycles. The summed E-state index contributed by atoms with van der Waals surface area (Å²) >= 11 is 0. The van der Waals surface area contributed by atoms with Gasteiger partial charge in [-0.15, -0.1) is 0 Å². The molecule has 0 aliphatic heterocycles. The van der Waals surface area contributed by atoms with E-state index in [-0.39, 0.29) is 6.61 Å². The molecule has 1 aromatic rings. The first-order valence-electron chi connectivity index (χ1n) is 5.94. The largest absolute Gasteiger partial charge is 0.479 e. The van der Waals surface area contributed by atoms with E-state index in [1.807, 2.05) is 6.07 Å². The van der Waals surface area contributed by atoms with E-state index in [2.05, 4.69) is 5.32 Å². The first-order chi connectivity index (χ1) is 9.04. The molecular weight excluding hydrogens is 246 g/mol. The monoisotopic (exact) mass is 263 g/mol. The standard InChI is InChI=1S/C14H17NO4/c1-3-19-12(16)9-10(2)15-13(14(17)18)11-7-5-4-6-8-11/h4-9,13,15H,3H2,1-2H3,(H,17,18). The second-order valence-electron chi connectivity index (χ2n) is 3.91. The third kappa shape index (κ3) is 4.83. The van der Waals surface area contributed by atoms with Crippen LogP contribution in [0.25, 0.3) is 0 Å². The molecule has 0 aliphatic rings. The number of allylic oxidation sites excluding steroid dienone is 1. The van der Waals surface area contributed by atoms with Crippen molar-refractivity contribution in [1.29, 1.82) is 0 Å². The highest BCUT2D eigenvalue weighted by molar-refractivity contribution is 5.83. The van der Waals surface area contributed by atoms with E-state index in [0.29, 0.717) is 11.3 Å². The van der Waals surface area contributed by atoms with Crippen LogP contribution in [0.4, 0.5) is 0 Å². The van der Waals surface area contributed by atoms with Crippen LogP contribution in [0.3, 0.4) is 0 Å². The number of ether oxygens (including phenoxy) is 1. The van der Waals surface area contributed by atoms with Crippen LogP contribution in [0.2, 0.25) is 0 Å². The number of esters is 1. The van der Waals surface area contributed by atoms with E-state index >= 15 is 0 Å². The fourth-order valence-corrected chi connectivity index (χ4v) is 1.56. The number of carbonyl (C=O) groups is 2. The molecule has 0 fully saturated rings. The van der Waals surface area contributed by atoms with Crippen LogP contribution in [0.1, 0.15) is 25.5 Å². The van der Waals surface area contributed by atoms with E-state index in [1.165, 1.54) is 6.08 Å². The summed E-state index contributed by atoms with van der Waals surface area (Å²) in [6, 6.07) is 7.86. The van der Waals surface area contributed by atoms with Crippen molar-refractivity contribution in [3.05, 3.63) is 47.7 Å². The van der Waals surface area contributed by atoms with Gasteiger partial charge in [0.2, 0.25) is 0 Å². The van der Waals surface area contributed by atoms with Gasteiger partial charge in [0.15, 0.2) is 0 Å². The quantitative estimate of drug-likeness (QED) is 0.605. The Labute approximate surface area is 111 Å². The molecule has 102 valence electrons. The van der Waals surface area contributed by atoms with Crippen LogP contribution < -0.4 is 5.32 Å². The van der Waals surface area contributed by atoms with Gasteiger partial charge in [0.05, 0.1) is 6.61 Å². The fraction of sp³-hybridized carbons (Fsp3) is 0.286. The van der Waals surface area contributed by atoms with E-state index in [9.17, 15) is 14.7 Å². The summed E-state index contributed by atoms with van der Waals surface area (Å²) in [6.07, 6.45) is 1.24. The molecule has 19 heavy (non-hydrogen) atoms. The maximum Gasteiger partial charge on any atom is 0.332 e. The Morgan fingerprint density at radius 2 is 2.00 bits per heavy atom. The molecule has 1 aromatic carbocycles. The molecule has 0 amide bonds. The lowest BCUT2D eigenvalue weighted by Crippen LogP contribution is -2.27. The summed E-state index contributed by atoms with van der Waals surface area (Å²) in [7, 11) is 0. The van der Waals surface area contributed by atoms with Crippen molar-refractivity contribution in [1.82, 2.24) is 5.32 Å². The highest BCUT2D eigenvalue weighted by Gasteiger charge is 2.19. The third-order valence-corrected chi connectivity index (χ3v) is 2.37. The molecule has 0 aromatic heterocycles. The summed E-state index contributed by atoms with van der Waals surface area (Å²) in [6.45, 7) is 3.61. The van der Waals surface area contributed by atoms with Gasteiger partial charge in [0, 0.05) is 11.8 Å². The van der Waals surface area contributed by atoms with E-state index in [0.717, 1.165) is 0 Å². The zero-order valence-electron chi connectivity index (χ0n) is 10.9. The van der Waals surface area contributed by atoms with Gasteiger partial charge >= 0.3 is 11.9 Å². The maximum absolute atomic E-state index is 11.3. The minimum atomic E-state index is -1.01. The minimum absolute atomic E-state index is 0.281. The SMILES string of the molecule is CCOC(=O)C=C(C)NC(C(=O)O)c1ccccc1. The smallest absolute Gasteiger partial charge is 0.332 e. The van der Waals surface area contributed by atoms with Gasteiger partial charge in [-0.2, -0.15) is 0 Å². The van der Waals surface area contributed by atoms with Crippen molar-refractivity contribution in [3.63, 3.8) is 0 Å². The molecule has 0 spiro atoms. The van der Waals surface area contributed by atoms with Crippen LogP contribution >= 0.6 is 0 Å². The molecular formula is C14H17NO4. The van der Waals surface area contributed by atoms with Gasteiger partial charge in [-0.1, -0.05) is 30.3 Å². The van der Waals surface area contributed by atoms with Crippen molar-refractivity contribution >= 4 is 11.9 Å². The number of benzene rings is 1. The Balaban J connectivity index is 2.81. The van der Waals surface area contributed by atoms with Crippen molar-refractivity contribution in [2.75, 3.05) is 6.61 Å². The van der Waals surface area contributed by atoms with Crippen LogP contribution in [0.15, 0.2) is 42.1 Å². The molecule has 0 saturated heterocycles. The van der Waals surface area contributed by atoms with Gasteiger partial charge in [-0.25, -0.2) is 9.59 Å². The average Bonchev–Trinajstić information content (AvgIpc) is 2.37. The molecule has 1 atom stereocenters. The van der Waals surface area contributed by atoms with Crippen LogP contribution in [0.5, 0.6) is 0 Å². The third-order valence-electron chi connectivity index (χ3n) is 2.37. The lowest BCUT2D eigenvalue weighted by atomic mass is 10.1. The van der Waals surface area contributed by atoms with E-state index < -0.39 is 18.0 Å². The number of carboxylic acids is 1. The van der Waals surface area contributed by atoms with E-state index in [1.54, 1.807) is 38.1 Å². The van der Waals surface area contributed by atoms with Gasteiger partial charge in [0.1, 0.15) is 6.04 Å². The fourth-order valence-electron chi connectivity index (χ4n) is 1.56. The van der Waals surface area contributed by atoms with Gasteiger partial charge < -0.3 is 15.2 Å². The Morgan fingerprint density at radius 1 is 1.37 bits per heavy atom. The first-order valence-corrected chi connectivity index (χ1v) is 5.94. The van der Waals surface area contributed by atoms with Gasteiger partial charge in [-0.3, -0.25) is 0 Å². The predicted molar refractivity (Wildman–Crippen MR) is 70.3 cm³/mol. The molecule has 0 aliphatic carbocycles. The average molecular weight is 263 g/mol. The number of hydrogen-bond donors (Lipinski definition) is 2. The summed E-state index contributed by atoms with van der Waals surface area (Å²) in [5.74, 6) is -1.51. The molecule has 1 rings (SSSR count). The topological polar surface area (TPSA) is 75.6 Å². The summed E-state index contributed by atoms with van der Waals surface area (Å²) < 4.78 is 4.76. The highest BCUT2D eigenvalue weighted by Crippen LogP contribution is 2.14. The van der Waals surface area contributed by atoms with Gasteiger partial charge in [0.25, 0.3) is 0 Å². The van der Waals surface area contributed by atoms with Crippen LogP contribution in [-0.4, -0.2) is 23.7 Å². The minimum Gasteiger partial charge on any atom is -0.479 e. The number of hydrogen-bond acceptors (Lipinski definition) is 4. The lowest BCUT2D eigenvalue weighted by molar-refractivity contribution is -0.140. The Hall–Kier alpha value is -2.30.